The lowest BCUT2D eigenvalue weighted by Crippen LogP contribution is -2.00. The van der Waals surface area contributed by atoms with E-state index in [2.05, 4.69) is 186 Å². The first kappa shape index (κ1) is 36.3. The summed E-state index contributed by atoms with van der Waals surface area (Å²) in [5, 5.41) is 2.58. The van der Waals surface area contributed by atoms with E-state index in [-0.39, 0.29) is 0 Å². The Morgan fingerprint density at radius 1 is 0.625 bits per heavy atom. The maximum Gasteiger partial charge on any atom is 0.140 e. The van der Waals surface area contributed by atoms with Gasteiger partial charge in [0.1, 0.15) is 5.82 Å². The van der Waals surface area contributed by atoms with Crippen LogP contribution in [-0.4, -0.2) is 15.3 Å². The summed E-state index contributed by atoms with van der Waals surface area (Å²) in [6.45, 7) is 7.38. The molecule has 6 aromatic carbocycles. The summed E-state index contributed by atoms with van der Waals surface area (Å²) in [6, 6.07) is 53.5. The van der Waals surface area contributed by atoms with Gasteiger partial charge in [0, 0.05) is 33.9 Å². The Kier molecular flexibility index (Phi) is 10.6. The molecule has 2 aromatic heterocycles. The molecule has 0 spiro atoms. The number of benzene rings is 6. The van der Waals surface area contributed by atoms with Gasteiger partial charge in [-0.15, -0.1) is 0 Å². The van der Waals surface area contributed by atoms with Crippen molar-refractivity contribution in [1.29, 1.82) is 0 Å². The number of allylic oxidation sites excluding steroid dienone is 1. The van der Waals surface area contributed by atoms with Gasteiger partial charge in [0.05, 0.1) is 16.7 Å². The van der Waals surface area contributed by atoms with Crippen molar-refractivity contribution in [2.24, 2.45) is 10.7 Å². The van der Waals surface area contributed by atoms with Crippen molar-refractivity contribution in [3.63, 3.8) is 0 Å². The Hall–Kier alpha value is -6.65. The van der Waals surface area contributed by atoms with E-state index in [1.165, 1.54) is 89.6 Å². The minimum Gasteiger partial charge on any atom is -0.405 e. The molecule has 1 aliphatic rings. The third kappa shape index (κ3) is 7.14. The van der Waals surface area contributed by atoms with Gasteiger partial charge in [0.2, 0.25) is 0 Å². The topological polar surface area (TPSA) is 48.2 Å². The van der Waals surface area contributed by atoms with Crippen LogP contribution in [0.2, 0.25) is 0 Å². The molecule has 4 heteroatoms. The lowest BCUT2D eigenvalue weighted by Gasteiger charge is -2.13. The fourth-order valence-corrected chi connectivity index (χ4v) is 8.27. The monoisotopic (exact) mass is 728 g/mol. The van der Waals surface area contributed by atoms with Crippen LogP contribution in [0.5, 0.6) is 0 Å². The Balaban J connectivity index is 0.00000143. The van der Waals surface area contributed by atoms with Crippen LogP contribution in [0.4, 0.5) is 5.82 Å². The molecule has 0 fully saturated rings. The lowest BCUT2D eigenvalue weighted by atomic mass is 9.98. The summed E-state index contributed by atoms with van der Waals surface area (Å²) in [6.07, 6.45) is 12.7. The molecular weight excluding hydrogens is 681 g/mol. The second kappa shape index (κ2) is 16.4. The number of hydrogen-bond acceptors (Lipinski definition) is 2. The van der Waals surface area contributed by atoms with Gasteiger partial charge in [-0.25, -0.2) is 4.99 Å². The Labute approximate surface area is 330 Å². The van der Waals surface area contributed by atoms with Crippen molar-refractivity contribution in [2.45, 2.75) is 46.0 Å². The molecule has 56 heavy (non-hydrogen) atoms. The summed E-state index contributed by atoms with van der Waals surface area (Å²) >= 11 is 0. The summed E-state index contributed by atoms with van der Waals surface area (Å²) in [7, 11) is 0. The van der Waals surface area contributed by atoms with Crippen molar-refractivity contribution < 1.29 is 0 Å². The Morgan fingerprint density at radius 3 is 1.54 bits per heavy atom. The summed E-state index contributed by atoms with van der Waals surface area (Å²) in [4.78, 5) is 4.83. The van der Waals surface area contributed by atoms with Gasteiger partial charge >= 0.3 is 0 Å². The molecular formula is C52H48N4. The molecule has 0 amide bonds. The quantitative estimate of drug-likeness (QED) is 0.148. The van der Waals surface area contributed by atoms with Gasteiger partial charge in [-0.05, 0) is 127 Å². The highest BCUT2D eigenvalue weighted by Crippen LogP contribution is 2.38. The van der Waals surface area contributed by atoms with Crippen LogP contribution in [0, 0.1) is 0 Å². The zero-order valence-electron chi connectivity index (χ0n) is 32.3. The number of rotatable bonds is 9. The highest BCUT2D eigenvalue weighted by molar-refractivity contribution is 6.09. The number of aliphatic imine (C=N–C) groups is 1. The van der Waals surface area contributed by atoms with E-state index >= 15 is 0 Å². The molecule has 276 valence electrons. The molecule has 0 saturated heterocycles. The van der Waals surface area contributed by atoms with E-state index in [9.17, 15) is 0 Å². The van der Waals surface area contributed by atoms with E-state index in [0.717, 1.165) is 37.9 Å². The van der Waals surface area contributed by atoms with Gasteiger partial charge in [-0.1, -0.05) is 129 Å². The van der Waals surface area contributed by atoms with Crippen molar-refractivity contribution in [1.82, 2.24) is 9.13 Å². The van der Waals surface area contributed by atoms with Gasteiger partial charge in [-0.3, -0.25) is 4.57 Å². The second-order valence-electron chi connectivity index (χ2n) is 14.4. The lowest BCUT2D eigenvalue weighted by molar-refractivity contribution is 0.945. The third-order valence-electron chi connectivity index (χ3n) is 10.9. The minimum atomic E-state index is 0.902. The molecule has 9 rings (SSSR count). The summed E-state index contributed by atoms with van der Waals surface area (Å²) < 4.78 is 4.72. The van der Waals surface area contributed by atoms with Crippen LogP contribution >= 0.6 is 0 Å². The van der Waals surface area contributed by atoms with E-state index in [1.54, 1.807) is 0 Å². The van der Waals surface area contributed by atoms with Crippen LogP contribution in [0.25, 0.3) is 50.4 Å². The normalized spacial score (nSPS) is 12.2. The van der Waals surface area contributed by atoms with Gasteiger partial charge in [-0.2, -0.15) is 0 Å². The fourth-order valence-electron chi connectivity index (χ4n) is 8.27. The summed E-state index contributed by atoms with van der Waals surface area (Å²) in [5.41, 5.74) is 21.3. The highest BCUT2D eigenvalue weighted by atomic mass is 15.1. The standard InChI is InChI=1S/C50H43N3.C2H5N/c1-3-43-44-11-5-10-16-49(44)53(50(43)51-4-2)42-31-23-38(24-32-42)34-36-19-27-40(28-20-36)39-25-17-35(18-26-39)33-37-21-29-41(30-22-37)52-47-14-8-6-12-45(47)46-13-7-9-15-48(46)52;1-2-3/h4,6-10,12-32H,3,5,11,33-34H2,1-2H3;2H,1,3H2/b51-4-;. The zero-order chi connectivity index (χ0) is 38.4. The predicted molar refractivity (Wildman–Crippen MR) is 239 cm³/mol. The third-order valence-corrected chi connectivity index (χ3v) is 10.9. The number of aromatic nitrogens is 2. The molecule has 0 aliphatic heterocycles. The van der Waals surface area contributed by atoms with E-state index < -0.39 is 0 Å². The maximum atomic E-state index is 4.83. The fraction of sp³-hybridized carbons (Fsp3) is 0.135. The smallest absolute Gasteiger partial charge is 0.140 e. The minimum absolute atomic E-state index is 0.902. The first-order valence-corrected chi connectivity index (χ1v) is 19.7. The molecule has 0 unspecified atom stereocenters. The van der Waals surface area contributed by atoms with E-state index in [4.69, 9.17) is 4.99 Å². The number of para-hydroxylation sites is 2. The predicted octanol–water partition coefficient (Wildman–Crippen LogP) is 12.8. The van der Waals surface area contributed by atoms with Crippen molar-refractivity contribution in [2.75, 3.05) is 0 Å². The second-order valence-corrected chi connectivity index (χ2v) is 14.4. The summed E-state index contributed by atoms with van der Waals surface area (Å²) in [5.74, 6) is 1.08. The Morgan fingerprint density at radius 2 is 1.07 bits per heavy atom. The molecule has 0 saturated carbocycles. The molecule has 2 N–H and O–H groups in total. The zero-order valence-corrected chi connectivity index (χ0v) is 32.3. The van der Waals surface area contributed by atoms with Gasteiger partial charge in [0.15, 0.2) is 0 Å². The number of nitrogens with two attached hydrogens (primary N) is 1. The molecule has 1 aliphatic carbocycles. The molecule has 0 atom stereocenters. The molecule has 4 nitrogen and oxygen atoms in total. The number of fused-ring (bicyclic) bond motifs is 4. The van der Waals surface area contributed by atoms with E-state index in [1.807, 2.05) is 13.1 Å². The molecule has 8 aromatic rings. The Bertz CT molecular complexity index is 2610. The average Bonchev–Trinajstić information content (AvgIpc) is 3.75. The maximum absolute atomic E-state index is 4.83. The highest BCUT2D eigenvalue weighted by Gasteiger charge is 2.22. The first-order chi connectivity index (χ1) is 27.6. The largest absolute Gasteiger partial charge is 0.405 e. The van der Waals surface area contributed by atoms with Crippen molar-refractivity contribution in [3.8, 4) is 22.5 Å². The number of nitrogens with zero attached hydrogens (tertiary/aromatic N) is 3. The number of hydrogen-bond donors (Lipinski definition) is 1. The van der Waals surface area contributed by atoms with Crippen LogP contribution in [0.15, 0.2) is 169 Å². The molecule has 0 bridgehead atoms. The molecule has 0 radical (unpaired) electrons. The van der Waals surface area contributed by atoms with Gasteiger partial charge in [0.25, 0.3) is 0 Å². The van der Waals surface area contributed by atoms with Crippen LogP contribution in [-0.2, 0) is 25.7 Å². The van der Waals surface area contributed by atoms with Crippen molar-refractivity contribution in [3.05, 3.63) is 204 Å². The van der Waals surface area contributed by atoms with Crippen molar-refractivity contribution >= 4 is 39.9 Å². The van der Waals surface area contributed by atoms with Crippen LogP contribution in [0.3, 0.4) is 0 Å². The SMILES string of the molecule is C/C=N\c1c(CC)c2c(n1-c1ccc(Cc3ccc(-c4ccc(Cc5ccc(-n6c7ccccc7c7ccccc76)cc5)cc4)cc3)cc1)C=CCC2.C=CN. The van der Waals surface area contributed by atoms with Crippen LogP contribution in [0.1, 0.15) is 59.3 Å². The van der Waals surface area contributed by atoms with Crippen LogP contribution < -0.4 is 5.73 Å². The van der Waals surface area contributed by atoms with Gasteiger partial charge < -0.3 is 10.3 Å². The average molecular weight is 729 g/mol. The van der Waals surface area contributed by atoms with E-state index in [0.29, 0.717) is 0 Å². The first-order valence-electron chi connectivity index (χ1n) is 19.7. The molecule has 2 heterocycles.